The molecule has 0 saturated heterocycles. The van der Waals surface area contributed by atoms with Gasteiger partial charge in [0, 0.05) is 0 Å². The zero-order chi connectivity index (χ0) is 18.6. The Morgan fingerprint density at radius 2 is 1.76 bits per heavy atom. The molecule has 4 bridgehead atoms. The summed E-state index contributed by atoms with van der Waals surface area (Å²) in [6.45, 7) is 3.35. The maximum atomic E-state index is 14.1. The van der Waals surface area contributed by atoms with Crippen molar-refractivity contribution >= 4 is 11.9 Å². The number of carbonyl (C=O) groups excluding carboxylic acids is 1. The minimum atomic E-state index is -4.13. The number of alkyl halides is 2. The molecule has 0 radical (unpaired) electrons. The molecule has 0 aromatic heterocycles. The van der Waals surface area contributed by atoms with Crippen LogP contribution in [0.15, 0.2) is 0 Å². The molecule has 4 saturated carbocycles. The lowest BCUT2D eigenvalue weighted by Gasteiger charge is -2.58. The van der Waals surface area contributed by atoms with Crippen molar-refractivity contribution in [2.45, 2.75) is 76.4 Å². The number of carboxylic acid groups (broad SMARTS) is 1. The Labute approximate surface area is 145 Å². The molecule has 0 aromatic rings. The molecule has 4 fully saturated rings. The van der Waals surface area contributed by atoms with E-state index in [1.54, 1.807) is 13.8 Å². The van der Waals surface area contributed by atoms with Crippen LogP contribution < -0.4 is 0 Å². The number of halogens is 2. The zero-order valence-corrected chi connectivity index (χ0v) is 14.6. The summed E-state index contributed by atoms with van der Waals surface area (Å²) in [5.74, 6) is -6.99. The number of ether oxygens (including phenoxy) is 1. The lowest BCUT2D eigenvalue weighted by molar-refractivity contribution is -0.218. The first-order valence-corrected chi connectivity index (χ1v) is 9.00. The maximum absolute atomic E-state index is 14.1. The van der Waals surface area contributed by atoms with Crippen molar-refractivity contribution in [3.63, 3.8) is 0 Å². The summed E-state index contributed by atoms with van der Waals surface area (Å²) in [6, 6.07) is 0. The second-order valence-electron chi connectivity index (χ2n) is 8.92. The van der Waals surface area contributed by atoms with Crippen LogP contribution in [0.25, 0.3) is 0 Å². The molecule has 142 valence electrons. The second-order valence-corrected chi connectivity index (χ2v) is 8.92. The first-order chi connectivity index (χ1) is 11.5. The summed E-state index contributed by atoms with van der Waals surface area (Å²) >= 11 is 0. The summed E-state index contributed by atoms with van der Waals surface area (Å²) in [7, 11) is 0. The van der Waals surface area contributed by atoms with Gasteiger partial charge in [-0.2, -0.15) is 8.78 Å². The van der Waals surface area contributed by atoms with Crippen molar-refractivity contribution in [3.8, 4) is 0 Å². The van der Waals surface area contributed by atoms with E-state index in [0.29, 0.717) is 25.7 Å². The number of carbonyl (C=O) groups is 2. The van der Waals surface area contributed by atoms with E-state index in [1.807, 2.05) is 0 Å². The van der Waals surface area contributed by atoms with E-state index in [-0.39, 0.29) is 30.6 Å². The van der Waals surface area contributed by atoms with Gasteiger partial charge in [-0.25, -0.2) is 4.79 Å². The first kappa shape index (κ1) is 18.5. The summed E-state index contributed by atoms with van der Waals surface area (Å²) in [5.41, 5.74) is -1.85. The van der Waals surface area contributed by atoms with E-state index in [9.17, 15) is 23.5 Å². The van der Waals surface area contributed by atoms with Crippen molar-refractivity contribution in [1.29, 1.82) is 0 Å². The van der Waals surface area contributed by atoms with Crippen LogP contribution in [-0.2, 0) is 14.3 Å². The monoisotopic (exact) mass is 360 g/mol. The average molecular weight is 360 g/mol. The fourth-order valence-corrected chi connectivity index (χ4v) is 5.54. The van der Waals surface area contributed by atoms with Crippen LogP contribution in [0.1, 0.15) is 58.8 Å². The summed E-state index contributed by atoms with van der Waals surface area (Å²) < 4.78 is 33.2. The van der Waals surface area contributed by atoms with Gasteiger partial charge in [-0.1, -0.05) is 13.8 Å². The van der Waals surface area contributed by atoms with Gasteiger partial charge in [0.25, 0.3) is 0 Å². The number of aliphatic carboxylic acids is 1. The molecule has 4 aliphatic carbocycles. The summed E-state index contributed by atoms with van der Waals surface area (Å²) in [6.07, 6.45) is 1.36. The molecule has 0 spiro atoms. The van der Waals surface area contributed by atoms with E-state index in [4.69, 9.17) is 9.84 Å². The number of carboxylic acids is 1. The van der Waals surface area contributed by atoms with Gasteiger partial charge in [0.15, 0.2) is 6.10 Å². The van der Waals surface area contributed by atoms with Gasteiger partial charge in [0.1, 0.15) is 0 Å². The molecule has 5 nitrogen and oxygen atoms in total. The highest BCUT2D eigenvalue weighted by Crippen LogP contribution is 2.62. The van der Waals surface area contributed by atoms with Gasteiger partial charge in [0.05, 0.1) is 11.0 Å². The van der Waals surface area contributed by atoms with Crippen LogP contribution in [0.2, 0.25) is 0 Å². The van der Waals surface area contributed by atoms with E-state index in [2.05, 4.69) is 0 Å². The quantitative estimate of drug-likeness (QED) is 0.712. The Morgan fingerprint density at radius 1 is 1.20 bits per heavy atom. The molecule has 4 aliphatic rings. The van der Waals surface area contributed by atoms with Crippen LogP contribution in [0.4, 0.5) is 8.78 Å². The average Bonchev–Trinajstić information content (AvgIpc) is 2.42. The van der Waals surface area contributed by atoms with Crippen LogP contribution in [0.3, 0.4) is 0 Å². The third-order valence-corrected chi connectivity index (χ3v) is 6.09. The van der Waals surface area contributed by atoms with Crippen molar-refractivity contribution in [3.05, 3.63) is 0 Å². The largest absolute Gasteiger partial charge is 0.477 e. The molecule has 4 rings (SSSR count). The SMILES string of the molecule is CC(C)CC(OC(=O)C12CC3CC(CC(O)(C3)C1)C2)C(F)(F)C(=O)O. The first-order valence-electron chi connectivity index (χ1n) is 9.00. The second kappa shape index (κ2) is 5.89. The van der Waals surface area contributed by atoms with Gasteiger partial charge >= 0.3 is 17.9 Å². The third kappa shape index (κ3) is 3.27. The minimum absolute atomic E-state index is 0.210. The topological polar surface area (TPSA) is 83.8 Å². The molecule has 0 aliphatic heterocycles. The standard InChI is InChI=1S/C18H26F2O5/c1-10(2)3-13(18(19,20)14(21)22)25-15(23)16-5-11-4-12(6-16)8-17(24,7-11)9-16/h10-13,24H,3-9H2,1-2H3,(H,21,22). The predicted molar refractivity (Wildman–Crippen MR) is 84.0 cm³/mol. The van der Waals surface area contributed by atoms with Crippen LogP contribution in [0, 0.1) is 23.2 Å². The van der Waals surface area contributed by atoms with Crippen molar-refractivity contribution in [1.82, 2.24) is 0 Å². The van der Waals surface area contributed by atoms with Crippen LogP contribution in [0.5, 0.6) is 0 Å². The molecule has 0 heterocycles. The van der Waals surface area contributed by atoms with Crippen LogP contribution in [-0.4, -0.2) is 39.8 Å². The molecule has 0 amide bonds. The Bertz CT molecular complexity index is 560. The zero-order valence-electron chi connectivity index (χ0n) is 14.6. The molecule has 0 aromatic carbocycles. The number of hydrogen-bond acceptors (Lipinski definition) is 4. The number of aliphatic hydroxyl groups is 1. The van der Waals surface area contributed by atoms with Gasteiger partial charge < -0.3 is 14.9 Å². The van der Waals surface area contributed by atoms with Gasteiger partial charge in [-0.3, -0.25) is 4.79 Å². The lowest BCUT2D eigenvalue weighted by Crippen LogP contribution is -2.59. The minimum Gasteiger partial charge on any atom is -0.477 e. The van der Waals surface area contributed by atoms with E-state index < -0.39 is 35.0 Å². The van der Waals surface area contributed by atoms with E-state index in [0.717, 1.165) is 6.42 Å². The highest BCUT2D eigenvalue weighted by molar-refractivity contribution is 5.80. The Balaban J connectivity index is 1.81. The van der Waals surface area contributed by atoms with Crippen molar-refractivity contribution < 1.29 is 33.3 Å². The molecule has 3 unspecified atom stereocenters. The molecular formula is C18H26F2O5. The molecular weight excluding hydrogens is 334 g/mol. The van der Waals surface area contributed by atoms with Gasteiger partial charge in [-0.05, 0) is 62.7 Å². The smallest absolute Gasteiger partial charge is 0.378 e. The Hall–Kier alpha value is -1.24. The van der Waals surface area contributed by atoms with Gasteiger partial charge in [0.2, 0.25) is 0 Å². The maximum Gasteiger partial charge on any atom is 0.378 e. The van der Waals surface area contributed by atoms with E-state index >= 15 is 0 Å². The molecule has 3 atom stereocenters. The number of esters is 1. The predicted octanol–water partition coefficient (Wildman–Crippen LogP) is 3.00. The Morgan fingerprint density at radius 3 is 2.20 bits per heavy atom. The highest BCUT2D eigenvalue weighted by Gasteiger charge is 2.62. The molecule has 7 heteroatoms. The summed E-state index contributed by atoms with van der Waals surface area (Å²) in [4.78, 5) is 23.8. The normalized spacial score (nSPS) is 38.0. The number of hydrogen-bond donors (Lipinski definition) is 2. The molecule has 25 heavy (non-hydrogen) atoms. The van der Waals surface area contributed by atoms with Crippen molar-refractivity contribution in [2.75, 3.05) is 0 Å². The summed E-state index contributed by atoms with van der Waals surface area (Å²) in [5, 5.41) is 19.5. The highest BCUT2D eigenvalue weighted by atomic mass is 19.3. The van der Waals surface area contributed by atoms with Gasteiger partial charge in [-0.15, -0.1) is 0 Å². The fraction of sp³-hybridized carbons (Fsp3) is 0.889. The van der Waals surface area contributed by atoms with Crippen LogP contribution >= 0.6 is 0 Å². The Kier molecular flexibility index (Phi) is 4.37. The third-order valence-electron chi connectivity index (χ3n) is 6.09. The van der Waals surface area contributed by atoms with E-state index in [1.165, 1.54) is 0 Å². The lowest BCUT2D eigenvalue weighted by atomic mass is 9.48. The number of rotatable bonds is 6. The van der Waals surface area contributed by atoms with Crippen molar-refractivity contribution in [2.24, 2.45) is 23.2 Å². The molecule has 2 N–H and O–H groups in total. The fourth-order valence-electron chi connectivity index (χ4n) is 5.54.